The van der Waals surface area contributed by atoms with E-state index < -0.39 is 23.5 Å². The Bertz CT molecular complexity index is 804. The van der Waals surface area contributed by atoms with Crippen LogP contribution < -0.4 is 10.1 Å². The van der Waals surface area contributed by atoms with E-state index in [4.69, 9.17) is 14.2 Å². The molecule has 1 saturated heterocycles. The summed E-state index contributed by atoms with van der Waals surface area (Å²) in [5, 5.41) is 2.21. The predicted octanol–water partition coefficient (Wildman–Crippen LogP) is 1.56. The van der Waals surface area contributed by atoms with Crippen molar-refractivity contribution in [1.82, 2.24) is 5.32 Å². The fraction of sp³-hybridized carbons (Fsp3) is 0.524. The number of ether oxygens (including phenoxy) is 3. The lowest BCUT2D eigenvalue weighted by atomic mass is 9.82. The summed E-state index contributed by atoms with van der Waals surface area (Å²) >= 11 is 0. The van der Waals surface area contributed by atoms with E-state index in [1.165, 1.54) is 6.07 Å². The number of fused-ring (bicyclic) bond motifs is 1. The van der Waals surface area contributed by atoms with Crippen LogP contribution >= 0.6 is 0 Å². The quantitative estimate of drug-likeness (QED) is 0.359. The van der Waals surface area contributed by atoms with Crippen LogP contribution in [0.4, 0.5) is 0 Å². The number of carbonyl (C=O) groups is 4. The lowest BCUT2D eigenvalue weighted by molar-refractivity contribution is -0.137. The second-order valence-electron chi connectivity index (χ2n) is 7.04. The summed E-state index contributed by atoms with van der Waals surface area (Å²) in [4.78, 5) is 48.9. The second-order valence-corrected chi connectivity index (χ2v) is 7.04. The molecule has 3 rings (SSSR count). The molecular formula is C21H25NO7. The maximum Gasteiger partial charge on any atom is 0.230 e. The van der Waals surface area contributed by atoms with E-state index in [1.54, 1.807) is 12.1 Å². The Morgan fingerprint density at radius 3 is 2.34 bits per heavy atom. The van der Waals surface area contributed by atoms with Gasteiger partial charge in [0, 0.05) is 24.2 Å². The van der Waals surface area contributed by atoms with E-state index in [1.807, 2.05) is 6.92 Å². The zero-order valence-electron chi connectivity index (χ0n) is 16.4. The third kappa shape index (κ3) is 4.89. The van der Waals surface area contributed by atoms with Crippen LogP contribution in [-0.4, -0.2) is 56.4 Å². The van der Waals surface area contributed by atoms with Gasteiger partial charge in [0.25, 0.3) is 0 Å². The van der Waals surface area contributed by atoms with Crippen LogP contribution in [0.1, 0.15) is 46.9 Å². The standard InChI is InChI=1S/C21H25NO7/c1-2-7-27-8-9-28-10-11-29-13-3-4-14-16(12-13)20(25)18(19(14)24)15-5-6-17(23)22-21(15)26/h3-4,12,15,18H,2,5-11H2,1H3,(H,22,23,26). The molecule has 1 fully saturated rings. The molecule has 1 N–H and O–H groups in total. The maximum atomic E-state index is 12.8. The molecule has 1 aliphatic carbocycles. The van der Waals surface area contributed by atoms with Crippen LogP contribution in [0.2, 0.25) is 0 Å². The van der Waals surface area contributed by atoms with Gasteiger partial charge in [0.15, 0.2) is 11.6 Å². The van der Waals surface area contributed by atoms with Gasteiger partial charge in [-0.05, 0) is 31.0 Å². The van der Waals surface area contributed by atoms with Crippen LogP contribution in [0.15, 0.2) is 18.2 Å². The number of imide groups is 1. The molecule has 2 unspecified atom stereocenters. The highest BCUT2D eigenvalue weighted by molar-refractivity contribution is 6.28. The molecule has 156 valence electrons. The molecule has 1 aromatic rings. The predicted molar refractivity (Wildman–Crippen MR) is 102 cm³/mol. The minimum atomic E-state index is -1.07. The van der Waals surface area contributed by atoms with Gasteiger partial charge in [-0.2, -0.15) is 0 Å². The lowest BCUT2D eigenvalue weighted by Gasteiger charge is -2.23. The van der Waals surface area contributed by atoms with Crippen molar-refractivity contribution in [3.63, 3.8) is 0 Å². The molecule has 2 aliphatic rings. The van der Waals surface area contributed by atoms with Gasteiger partial charge in [-0.25, -0.2) is 0 Å². The van der Waals surface area contributed by atoms with Crippen LogP contribution in [0.3, 0.4) is 0 Å². The van der Waals surface area contributed by atoms with Crippen molar-refractivity contribution in [3.05, 3.63) is 29.3 Å². The van der Waals surface area contributed by atoms with Crippen molar-refractivity contribution in [1.29, 1.82) is 0 Å². The average Bonchev–Trinajstić information content (AvgIpc) is 2.94. The highest BCUT2D eigenvalue weighted by Gasteiger charge is 2.47. The third-order valence-corrected chi connectivity index (χ3v) is 4.99. The molecule has 0 spiro atoms. The Labute approximate surface area is 168 Å². The molecule has 1 aliphatic heterocycles. The van der Waals surface area contributed by atoms with Crippen LogP contribution in [0, 0.1) is 11.8 Å². The fourth-order valence-corrected chi connectivity index (χ4v) is 3.56. The highest BCUT2D eigenvalue weighted by atomic mass is 16.5. The molecule has 0 saturated carbocycles. The molecular weight excluding hydrogens is 378 g/mol. The number of carbonyl (C=O) groups excluding carboxylic acids is 4. The number of amides is 2. The van der Waals surface area contributed by atoms with E-state index in [9.17, 15) is 19.2 Å². The molecule has 0 radical (unpaired) electrons. The molecule has 8 heteroatoms. The molecule has 29 heavy (non-hydrogen) atoms. The molecule has 0 aromatic heterocycles. The van der Waals surface area contributed by atoms with Crippen LogP contribution in [0.5, 0.6) is 5.75 Å². The zero-order valence-corrected chi connectivity index (χ0v) is 16.4. The summed E-state index contributed by atoms with van der Waals surface area (Å²) in [5.41, 5.74) is 0.553. The van der Waals surface area contributed by atoms with E-state index in [-0.39, 0.29) is 30.1 Å². The summed E-state index contributed by atoms with van der Waals surface area (Å²) in [6.45, 7) is 4.43. The summed E-state index contributed by atoms with van der Waals surface area (Å²) in [6.07, 6.45) is 1.29. The number of Topliss-reactive ketones (excluding diaryl/α,β-unsaturated/α-hetero) is 2. The number of hydrogen-bond donors (Lipinski definition) is 1. The Morgan fingerprint density at radius 2 is 1.62 bits per heavy atom. The maximum absolute atomic E-state index is 12.8. The molecule has 8 nitrogen and oxygen atoms in total. The fourth-order valence-electron chi connectivity index (χ4n) is 3.56. The van der Waals surface area contributed by atoms with Crippen LogP contribution in [-0.2, 0) is 19.1 Å². The summed E-state index contributed by atoms with van der Waals surface area (Å²) in [7, 11) is 0. The van der Waals surface area contributed by atoms with Gasteiger partial charge in [-0.3, -0.25) is 24.5 Å². The summed E-state index contributed by atoms with van der Waals surface area (Å²) in [6, 6.07) is 4.71. The number of ketones is 2. The number of benzene rings is 1. The normalized spacial score (nSPS) is 21.3. The van der Waals surface area contributed by atoms with Crippen molar-refractivity contribution in [2.75, 3.05) is 33.0 Å². The Hall–Kier alpha value is -2.58. The SMILES string of the molecule is CCCOCCOCCOc1ccc2c(c1)C(=O)C(C1CCC(=O)NC1=O)C2=O. The zero-order chi connectivity index (χ0) is 20.8. The van der Waals surface area contributed by atoms with Crippen LogP contribution in [0.25, 0.3) is 0 Å². The first-order chi connectivity index (χ1) is 14.0. The smallest absolute Gasteiger partial charge is 0.230 e. The van der Waals surface area contributed by atoms with Gasteiger partial charge in [-0.1, -0.05) is 6.92 Å². The molecule has 2 atom stereocenters. The van der Waals surface area contributed by atoms with Gasteiger partial charge in [-0.15, -0.1) is 0 Å². The van der Waals surface area contributed by atoms with Crippen molar-refractivity contribution >= 4 is 23.4 Å². The van der Waals surface area contributed by atoms with Crippen molar-refractivity contribution in [3.8, 4) is 5.75 Å². The Morgan fingerprint density at radius 1 is 0.931 bits per heavy atom. The second kappa shape index (κ2) is 9.76. The van der Waals surface area contributed by atoms with Crippen molar-refractivity contribution in [2.24, 2.45) is 11.8 Å². The first-order valence-corrected chi connectivity index (χ1v) is 9.87. The summed E-state index contributed by atoms with van der Waals surface area (Å²) in [5.74, 6) is -3.13. The number of nitrogens with one attached hydrogen (secondary N) is 1. The van der Waals surface area contributed by atoms with Gasteiger partial charge < -0.3 is 14.2 Å². The lowest BCUT2D eigenvalue weighted by Crippen LogP contribution is -2.46. The monoisotopic (exact) mass is 403 g/mol. The van der Waals surface area contributed by atoms with E-state index >= 15 is 0 Å². The largest absolute Gasteiger partial charge is 0.491 e. The van der Waals surface area contributed by atoms with Gasteiger partial charge in [0.1, 0.15) is 12.4 Å². The van der Waals surface area contributed by atoms with Gasteiger partial charge >= 0.3 is 0 Å². The first-order valence-electron chi connectivity index (χ1n) is 9.87. The van der Waals surface area contributed by atoms with Gasteiger partial charge in [0.05, 0.1) is 31.7 Å². The number of piperidine rings is 1. The van der Waals surface area contributed by atoms with E-state index in [0.717, 1.165) is 6.42 Å². The van der Waals surface area contributed by atoms with Gasteiger partial charge in [0.2, 0.25) is 11.8 Å². The Balaban J connectivity index is 1.55. The molecule has 2 amide bonds. The minimum absolute atomic E-state index is 0.127. The number of hydrogen-bond acceptors (Lipinski definition) is 7. The molecule has 0 bridgehead atoms. The Kier molecular flexibility index (Phi) is 7.11. The highest BCUT2D eigenvalue weighted by Crippen LogP contribution is 2.36. The van der Waals surface area contributed by atoms with E-state index in [2.05, 4.69) is 5.32 Å². The van der Waals surface area contributed by atoms with Crippen molar-refractivity contribution in [2.45, 2.75) is 26.2 Å². The number of rotatable bonds is 10. The van der Waals surface area contributed by atoms with E-state index in [0.29, 0.717) is 44.3 Å². The summed E-state index contributed by atoms with van der Waals surface area (Å²) < 4.78 is 16.3. The average molecular weight is 403 g/mol. The topological polar surface area (TPSA) is 108 Å². The minimum Gasteiger partial charge on any atom is -0.491 e. The molecule has 1 aromatic carbocycles. The molecule has 1 heterocycles. The van der Waals surface area contributed by atoms with Crippen molar-refractivity contribution < 1.29 is 33.4 Å². The first kappa shape index (κ1) is 21.1. The third-order valence-electron chi connectivity index (χ3n) is 4.99.